The maximum Gasteiger partial charge on any atom is 0.226 e. The van der Waals surface area contributed by atoms with Crippen LogP contribution in [0.3, 0.4) is 0 Å². The summed E-state index contributed by atoms with van der Waals surface area (Å²) in [5.41, 5.74) is 3.45. The normalized spacial score (nSPS) is 20.4. The highest BCUT2D eigenvalue weighted by Crippen LogP contribution is 2.39. The lowest BCUT2D eigenvalue weighted by molar-refractivity contribution is -0.141. The summed E-state index contributed by atoms with van der Waals surface area (Å²) >= 11 is 0. The number of likely N-dealkylation sites (tertiary alicyclic amines) is 1. The molecule has 1 heterocycles. The van der Waals surface area contributed by atoms with Crippen LogP contribution in [-0.2, 0) is 9.59 Å². The zero-order valence-electron chi connectivity index (χ0n) is 21.6. The Kier molecular flexibility index (Phi) is 8.61. The predicted molar refractivity (Wildman–Crippen MR) is 143 cm³/mol. The molecule has 3 atom stereocenters. The van der Waals surface area contributed by atoms with Gasteiger partial charge < -0.3 is 15.1 Å². The average molecular weight is 476 g/mol. The van der Waals surface area contributed by atoms with Crippen LogP contribution in [0.4, 0.5) is 11.4 Å². The number of para-hydroxylation sites is 1. The number of anilines is 2. The van der Waals surface area contributed by atoms with Crippen molar-refractivity contribution in [1.82, 2.24) is 10.2 Å². The molecule has 35 heavy (non-hydrogen) atoms. The van der Waals surface area contributed by atoms with Gasteiger partial charge in [0.15, 0.2) is 0 Å². The number of hydrogen-bond acceptors (Lipinski definition) is 4. The molecule has 5 heteroatoms. The van der Waals surface area contributed by atoms with Gasteiger partial charge in [-0.1, -0.05) is 49.6 Å². The summed E-state index contributed by atoms with van der Waals surface area (Å²) in [6, 6.07) is 18.8. The molecule has 1 amide bonds. The molecule has 0 unspecified atom stereocenters. The summed E-state index contributed by atoms with van der Waals surface area (Å²) < 4.78 is 0. The molecule has 5 nitrogen and oxygen atoms in total. The highest BCUT2D eigenvalue weighted by Gasteiger charge is 2.39. The van der Waals surface area contributed by atoms with Crippen LogP contribution in [0.1, 0.15) is 69.9 Å². The van der Waals surface area contributed by atoms with E-state index in [0.29, 0.717) is 12.3 Å². The molecule has 2 aliphatic rings. The molecule has 0 bridgehead atoms. The quantitative estimate of drug-likeness (QED) is 0.492. The summed E-state index contributed by atoms with van der Waals surface area (Å²) in [6.45, 7) is 2.68. The molecule has 188 valence electrons. The molecule has 1 aliphatic heterocycles. The highest BCUT2D eigenvalue weighted by molar-refractivity contribution is 5.90. The van der Waals surface area contributed by atoms with E-state index in [1.54, 1.807) is 0 Å². The van der Waals surface area contributed by atoms with Gasteiger partial charge in [0, 0.05) is 37.3 Å². The van der Waals surface area contributed by atoms with Gasteiger partial charge in [-0.2, -0.15) is 0 Å². The maximum atomic E-state index is 14.1. The van der Waals surface area contributed by atoms with Crippen LogP contribution in [-0.4, -0.2) is 43.3 Å². The minimum absolute atomic E-state index is 0.0783. The largest absolute Gasteiger partial charge is 0.345 e. The molecule has 2 aromatic carbocycles. The molecule has 1 saturated carbocycles. The number of nitrogens with one attached hydrogen (secondary N) is 1. The topological polar surface area (TPSA) is 52.7 Å². The number of amides is 1. The lowest BCUT2D eigenvalue weighted by Gasteiger charge is -2.35. The van der Waals surface area contributed by atoms with Gasteiger partial charge in [0.05, 0.1) is 12.1 Å². The summed E-state index contributed by atoms with van der Waals surface area (Å²) in [5, 5.41) is 3.07. The lowest BCUT2D eigenvalue weighted by atomic mass is 9.76. The molecular weight excluding hydrogens is 434 g/mol. The van der Waals surface area contributed by atoms with Gasteiger partial charge in [-0.3, -0.25) is 9.59 Å². The monoisotopic (exact) mass is 475 g/mol. The van der Waals surface area contributed by atoms with E-state index in [1.165, 1.54) is 24.8 Å². The molecular formula is C30H41N3O2. The minimum Gasteiger partial charge on any atom is -0.345 e. The molecule has 0 aromatic heterocycles. The predicted octanol–water partition coefficient (Wildman–Crippen LogP) is 5.88. The third-order valence-electron chi connectivity index (χ3n) is 8.19. The van der Waals surface area contributed by atoms with Gasteiger partial charge >= 0.3 is 0 Å². The minimum atomic E-state index is -0.214. The molecule has 1 N–H and O–H groups in total. The smallest absolute Gasteiger partial charge is 0.226 e. The second-order valence-electron chi connectivity index (χ2n) is 10.4. The number of hydrogen-bond donors (Lipinski definition) is 1. The van der Waals surface area contributed by atoms with Crippen molar-refractivity contribution < 1.29 is 9.59 Å². The van der Waals surface area contributed by atoms with Crippen molar-refractivity contribution in [3.63, 3.8) is 0 Å². The van der Waals surface area contributed by atoms with Gasteiger partial charge in [0.2, 0.25) is 5.91 Å². The average Bonchev–Trinajstić information content (AvgIpc) is 3.41. The number of benzene rings is 2. The second kappa shape index (κ2) is 11.9. The van der Waals surface area contributed by atoms with E-state index in [-0.39, 0.29) is 29.7 Å². The van der Waals surface area contributed by atoms with Gasteiger partial charge in [0.1, 0.15) is 5.78 Å². The fourth-order valence-corrected chi connectivity index (χ4v) is 5.88. The van der Waals surface area contributed by atoms with Gasteiger partial charge in [0.25, 0.3) is 0 Å². The molecule has 2 aromatic rings. The highest BCUT2D eigenvalue weighted by atomic mass is 16.2. The van der Waals surface area contributed by atoms with Crippen molar-refractivity contribution in [2.24, 2.45) is 11.8 Å². The van der Waals surface area contributed by atoms with Crippen LogP contribution in [0, 0.1) is 11.8 Å². The molecule has 0 spiro atoms. The Balaban J connectivity index is 1.56. The second-order valence-corrected chi connectivity index (χ2v) is 10.4. The van der Waals surface area contributed by atoms with Crippen molar-refractivity contribution in [3.05, 3.63) is 60.2 Å². The van der Waals surface area contributed by atoms with E-state index in [2.05, 4.69) is 70.7 Å². The lowest BCUT2D eigenvalue weighted by Crippen LogP contribution is -2.42. The molecule has 1 aliphatic carbocycles. The number of carbonyl (C=O) groups excluding carboxylic acids is 2. The zero-order chi connectivity index (χ0) is 24.8. The van der Waals surface area contributed by atoms with E-state index < -0.39 is 0 Å². The first-order valence-electron chi connectivity index (χ1n) is 13.4. The summed E-state index contributed by atoms with van der Waals surface area (Å²) in [6.07, 6.45) is 8.04. The summed E-state index contributed by atoms with van der Waals surface area (Å²) in [7, 11) is 3.90. The van der Waals surface area contributed by atoms with Crippen LogP contribution in [0.5, 0.6) is 0 Å². The van der Waals surface area contributed by atoms with E-state index >= 15 is 0 Å². The molecule has 4 rings (SSSR count). The fourth-order valence-electron chi connectivity index (χ4n) is 5.88. The van der Waals surface area contributed by atoms with Gasteiger partial charge in [-0.15, -0.1) is 0 Å². The van der Waals surface area contributed by atoms with Gasteiger partial charge in [-0.05, 0) is 75.4 Å². The number of carbonyl (C=O) groups is 2. The van der Waals surface area contributed by atoms with Crippen molar-refractivity contribution in [2.75, 3.05) is 25.5 Å². The number of rotatable bonds is 9. The Bertz CT molecular complexity index is 986. The molecule has 2 fully saturated rings. The number of ketones is 1. The van der Waals surface area contributed by atoms with Crippen LogP contribution in [0.2, 0.25) is 0 Å². The molecule has 0 radical (unpaired) electrons. The first-order chi connectivity index (χ1) is 17.0. The SMILES string of the molecule is CN[C@@H](C)C(=O)C[C@H](C(=O)N1CCC[C@H]1c1cccc(N(C)c2ccccc2)c1)C1CCCCC1. The Morgan fingerprint density at radius 1 is 0.971 bits per heavy atom. The van der Waals surface area contributed by atoms with Crippen LogP contribution >= 0.6 is 0 Å². The van der Waals surface area contributed by atoms with E-state index in [4.69, 9.17) is 0 Å². The Morgan fingerprint density at radius 2 is 1.69 bits per heavy atom. The Morgan fingerprint density at radius 3 is 2.40 bits per heavy atom. The number of likely N-dealkylation sites (N-methyl/N-ethyl adjacent to an activating group) is 1. The van der Waals surface area contributed by atoms with Crippen molar-refractivity contribution in [3.8, 4) is 0 Å². The Labute approximate surface area is 210 Å². The van der Waals surface area contributed by atoms with Crippen molar-refractivity contribution in [2.45, 2.75) is 70.4 Å². The third kappa shape index (κ3) is 5.95. The number of nitrogens with zero attached hydrogens (tertiary/aromatic N) is 2. The van der Waals surface area contributed by atoms with Gasteiger partial charge in [-0.25, -0.2) is 0 Å². The van der Waals surface area contributed by atoms with Crippen molar-refractivity contribution in [1.29, 1.82) is 0 Å². The molecule has 1 saturated heterocycles. The van der Waals surface area contributed by atoms with E-state index in [1.807, 2.05) is 20.0 Å². The van der Waals surface area contributed by atoms with Crippen molar-refractivity contribution >= 4 is 23.1 Å². The van der Waals surface area contributed by atoms with Crippen LogP contribution in [0.25, 0.3) is 0 Å². The van der Waals surface area contributed by atoms with E-state index in [0.717, 1.165) is 43.6 Å². The first-order valence-corrected chi connectivity index (χ1v) is 13.4. The standard InChI is InChI=1S/C30H41N3O2/c1-22(31-2)29(34)21-27(23-12-6-4-7-13-23)30(35)33-19-11-18-28(33)24-14-10-17-26(20-24)32(3)25-15-8-5-9-16-25/h5,8-10,14-17,20,22-23,27-28,31H,4,6-7,11-13,18-19,21H2,1-3H3/t22-,27-,28-/m0/s1. The van der Waals surface area contributed by atoms with Crippen LogP contribution in [0.15, 0.2) is 54.6 Å². The Hall–Kier alpha value is -2.66. The summed E-state index contributed by atoms with van der Waals surface area (Å²) in [5.74, 6) is 0.465. The fraction of sp³-hybridized carbons (Fsp3) is 0.533. The number of Topliss-reactive ketones (excluding diaryl/α,β-unsaturated/α-hetero) is 1. The third-order valence-corrected chi connectivity index (χ3v) is 8.19. The maximum absolute atomic E-state index is 14.1. The summed E-state index contributed by atoms with van der Waals surface area (Å²) in [4.78, 5) is 31.3. The van der Waals surface area contributed by atoms with Crippen LogP contribution < -0.4 is 10.2 Å². The van der Waals surface area contributed by atoms with E-state index in [9.17, 15) is 9.59 Å². The first kappa shape index (κ1) is 25.4. The zero-order valence-corrected chi connectivity index (χ0v) is 21.6.